The molecule has 108 valence electrons. The second kappa shape index (κ2) is 7.46. The Morgan fingerprint density at radius 1 is 1.26 bits per heavy atom. The number of nitrogens with one attached hydrogen (secondary N) is 1. The van der Waals surface area contributed by atoms with Gasteiger partial charge in [0.25, 0.3) is 0 Å². The first kappa shape index (κ1) is 15.9. The highest BCUT2D eigenvalue weighted by molar-refractivity contribution is 5.50. The molecule has 0 atom stereocenters. The van der Waals surface area contributed by atoms with E-state index in [1.165, 1.54) is 0 Å². The minimum Gasteiger partial charge on any atom is -0.395 e. The first-order chi connectivity index (χ1) is 8.95. The van der Waals surface area contributed by atoms with E-state index < -0.39 is 0 Å². The second-order valence-electron chi connectivity index (χ2n) is 5.33. The van der Waals surface area contributed by atoms with Crippen LogP contribution in [-0.2, 0) is 6.54 Å². The molecule has 0 aliphatic rings. The Kier molecular flexibility index (Phi) is 6.25. The van der Waals surface area contributed by atoms with Crippen LogP contribution in [0.3, 0.4) is 0 Å². The Morgan fingerprint density at radius 2 is 1.95 bits per heavy atom. The standard InChI is InChI=1S/C15H25FN2O/c1-11(2)17-10-13-5-6-15(14(16)9-13)18(7-8-19)12(3)4/h5-6,9,11-12,17,19H,7-8,10H2,1-4H3. The number of rotatable bonds is 7. The molecule has 0 aliphatic heterocycles. The molecule has 0 aliphatic carbocycles. The lowest BCUT2D eigenvalue weighted by Crippen LogP contribution is -2.34. The van der Waals surface area contributed by atoms with Crippen LogP contribution in [0.1, 0.15) is 33.3 Å². The number of aliphatic hydroxyl groups is 1. The van der Waals surface area contributed by atoms with Crippen molar-refractivity contribution in [3.05, 3.63) is 29.6 Å². The van der Waals surface area contributed by atoms with Crippen molar-refractivity contribution in [2.24, 2.45) is 0 Å². The summed E-state index contributed by atoms with van der Waals surface area (Å²) >= 11 is 0. The quantitative estimate of drug-likeness (QED) is 0.797. The van der Waals surface area contributed by atoms with Crippen molar-refractivity contribution >= 4 is 5.69 Å². The van der Waals surface area contributed by atoms with Gasteiger partial charge in [0.2, 0.25) is 0 Å². The Morgan fingerprint density at radius 3 is 2.42 bits per heavy atom. The first-order valence-corrected chi connectivity index (χ1v) is 6.85. The summed E-state index contributed by atoms with van der Waals surface area (Å²) in [5, 5.41) is 12.3. The van der Waals surface area contributed by atoms with Gasteiger partial charge in [-0.25, -0.2) is 4.39 Å². The molecule has 0 fully saturated rings. The zero-order valence-corrected chi connectivity index (χ0v) is 12.3. The highest BCUT2D eigenvalue weighted by Gasteiger charge is 2.14. The molecule has 19 heavy (non-hydrogen) atoms. The maximum absolute atomic E-state index is 14.2. The molecule has 0 radical (unpaired) electrons. The van der Waals surface area contributed by atoms with Crippen molar-refractivity contribution in [3.8, 4) is 0 Å². The number of aliphatic hydroxyl groups excluding tert-OH is 1. The van der Waals surface area contributed by atoms with E-state index in [4.69, 9.17) is 5.11 Å². The minimum absolute atomic E-state index is 0.0221. The van der Waals surface area contributed by atoms with Gasteiger partial charge < -0.3 is 15.3 Å². The summed E-state index contributed by atoms with van der Waals surface area (Å²) < 4.78 is 14.2. The lowest BCUT2D eigenvalue weighted by atomic mass is 10.1. The average Bonchev–Trinajstić information content (AvgIpc) is 2.34. The van der Waals surface area contributed by atoms with Gasteiger partial charge in [0.05, 0.1) is 12.3 Å². The molecule has 1 aromatic carbocycles. The molecule has 1 aromatic rings. The van der Waals surface area contributed by atoms with E-state index in [-0.39, 0.29) is 18.5 Å². The fourth-order valence-corrected chi connectivity index (χ4v) is 1.98. The predicted molar refractivity (Wildman–Crippen MR) is 77.9 cm³/mol. The van der Waals surface area contributed by atoms with Crippen LogP contribution >= 0.6 is 0 Å². The topological polar surface area (TPSA) is 35.5 Å². The van der Waals surface area contributed by atoms with Crippen LogP contribution in [0.2, 0.25) is 0 Å². The van der Waals surface area contributed by atoms with E-state index in [2.05, 4.69) is 19.2 Å². The van der Waals surface area contributed by atoms with Crippen LogP contribution < -0.4 is 10.2 Å². The van der Waals surface area contributed by atoms with Gasteiger partial charge in [0, 0.05) is 25.2 Å². The third-order valence-electron chi connectivity index (χ3n) is 3.00. The number of hydrogen-bond donors (Lipinski definition) is 2. The average molecular weight is 268 g/mol. The molecular formula is C15H25FN2O. The van der Waals surface area contributed by atoms with E-state index >= 15 is 0 Å². The van der Waals surface area contributed by atoms with Crippen molar-refractivity contribution in [2.45, 2.75) is 46.3 Å². The fourth-order valence-electron chi connectivity index (χ4n) is 1.98. The van der Waals surface area contributed by atoms with Crippen molar-refractivity contribution < 1.29 is 9.50 Å². The van der Waals surface area contributed by atoms with Gasteiger partial charge in [-0.15, -0.1) is 0 Å². The Hall–Kier alpha value is -1.13. The lowest BCUT2D eigenvalue weighted by Gasteiger charge is -2.28. The molecule has 2 N–H and O–H groups in total. The highest BCUT2D eigenvalue weighted by atomic mass is 19.1. The molecule has 3 nitrogen and oxygen atoms in total. The van der Waals surface area contributed by atoms with Gasteiger partial charge in [-0.05, 0) is 31.5 Å². The third-order valence-corrected chi connectivity index (χ3v) is 3.00. The zero-order chi connectivity index (χ0) is 14.4. The monoisotopic (exact) mass is 268 g/mol. The molecule has 0 aromatic heterocycles. The van der Waals surface area contributed by atoms with Crippen molar-refractivity contribution in [2.75, 3.05) is 18.1 Å². The third kappa shape index (κ3) is 4.80. The van der Waals surface area contributed by atoms with Crippen LogP contribution in [0.4, 0.5) is 10.1 Å². The van der Waals surface area contributed by atoms with Crippen molar-refractivity contribution in [3.63, 3.8) is 0 Å². The smallest absolute Gasteiger partial charge is 0.146 e. The molecular weight excluding hydrogens is 243 g/mol. The summed E-state index contributed by atoms with van der Waals surface area (Å²) in [5.41, 5.74) is 1.49. The van der Waals surface area contributed by atoms with Crippen LogP contribution in [0, 0.1) is 5.82 Å². The zero-order valence-electron chi connectivity index (χ0n) is 12.3. The summed E-state index contributed by atoms with van der Waals surface area (Å²) in [7, 11) is 0. The number of hydrogen-bond acceptors (Lipinski definition) is 3. The van der Waals surface area contributed by atoms with E-state index in [0.717, 1.165) is 5.56 Å². The van der Waals surface area contributed by atoms with Crippen molar-refractivity contribution in [1.82, 2.24) is 5.32 Å². The summed E-state index contributed by atoms with van der Waals surface area (Å²) in [5.74, 6) is -0.231. The Balaban J connectivity index is 2.86. The first-order valence-electron chi connectivity index (χ1n) is 6.85. The van der Waals surface area contributed by atoms with Gasteiger partial charge >= 0.3 is 0 Å². The Labute approximate surface area is 115 Å². The molecule has 0 heterocycles. The van der Waals surface area contributed by atoms with Crippen molar-refractivity contribution in [1.29, 1.82) is 0 Å². The van der Waals surface area contributed by atoms with E-state index in [0.29, 0.717) is 24.8 Å². The van der Waals surface area contributed by atoms with Crippen LogP contribution in [0.25, 0.3) is 0 Å². The molecule has 1 rings (SSSR count). The molecule has 0 bridgehead atoms. The van der Waals surface area contributed by atoms with Gasteiger partial charge in [0.15, 0.2) is 0 Å². The normalized spacial score (nSPS) is 11.4. The second-order valence-corrected chi connectivity index (χ2v) is 5.33. The summed E-state index contributed by atoms with van der Waals surface area (Å²) in [6.45, 7) is 9.23. The number of anilines is 1. The molecule has 0 saturated carbocycles. The Bertz CT molecular complexity index is 394. The number of benzene rings is 1. The maximum atomic E-state index is 14.2. The van der Waals surface area contributed by atoms with Gasteiger partial charge in [0.1, 0.15) is 5.82 Å². The number of nitrogens with zero attached hydrogens (tertiary/aromatic N) is 1. The van der Waals surface area contributed by atoms with Crippen LogP contribution in [0.5, 0.6) is 0 Å². The molecule has 0 spiro atoms. The maximum Gasteiger partial charge on any atom is 0.146 e. The summed E-state index contributed by atoms with van der Waals surface area (Å²) in [4.78, 5) is 1.87. The largest absolute Gasteiger partial charge is 0.395 e. The van der Waals surface area contributed by atoms with E-state index in [9.17, 15) is 4.39 Å². The summed E-state index contributed by atoms with van der Waals surface area (Å²) in [6.07, 6.45) is 0. The summed E-state index contributed by atoms with van der Waals surface area (Å²) in [6, 6.07) is 5.82. The van der Waals surface area contributed by atoms with Crippen LogP contribution in [-0.4, -0.2) is 30.3 Å². The van der Waals surface area contributed by atoms with E-state index in [1.807, 2.05) is 24.8 Å². The number of halogens is 1. The molecule has 4 heteroatoms. The van der Waals surface area contributed by atoms with E-state index in [1.54, 1.807) is 12.1 Å². The molecule has 0 saturated heterocycles. The lowest BCUT2D eigenvalue weighted by molar-refractivity contribution is 0.298. The SMILES string of the molecule is CC(C)NCc1ccc(N(CCO)C(C)C)c(F)c1. The van der Waals surface area contributed by atoms with Gasteiger partial charge in [-0.1, -0.05) is 19.9 Å². The van der Waals surface area contributed by atoms with Crippen LogP contribution in [0.15, 0.2) is 18.2 Å². The highest BCUT2D eigenvalue weighted by Crippen LogP contribution is 2.22. The molecule has 0 amide bonds. The van der Waals surface area contributed by atoms with Gasteiger partial charge in [-0.2, -0.15) is 0 Å². The minimum atomic E-state index is -0.231. The molecule has 0 unspecified atom stereocenters. The fraction of sp³-hybridized carbons (Fsp3) is 0.600. The van der Waals surface area contributed by atoms with Gasteiger partial charge in [-0.3, -0.25) is 0 Å². The predicted octanol–water partition coefficient (Wildman–Crippen LogP) is 2.53.